The minimum Gasteiger partial charge on any atom is -0.394 e. The molecule has 1 aromatic carbocycles. The van der Waals surface area contributed by atoms with Crippen LogP contribution >= 0.6 is 23.2 Å². The summed E-state index contributed by atoms with van der Waals surface area (Å²) in [6.45, 7) is 0.999. The number of aliphatic hydroxyl groups excluding tert-OH is 1. The van der Waals surface area contributed by atoms with Crippen LogP contribution in [0.4, 0.5) is 0 Å². The Labute approximate surface area is 116 Å². The zero-order chi connectivity index (χ0) is 13.4. The second kappa shape index (κ2) is 8.32. The van der Waals surface area contributed by atoms with Crippen LogP contribution in [0.3, 0.4) is 0 Å². The molecule has 18 heavy (non-hydrogen) atoms. The highest BCUT2D eigenvalue weighted by atomic mass is 35.5. The van der Waals surface area contributed by atoms with E-state index in [0.717, 1.165) is 0 Å². The Kier molecular flexibility index (Phi) is 7.05. The second-order valence-corrected chi connectivity index (χ2v) is 4.38. The summed E-state index contributed by atoms with van der Waals surface area (Å²) in [6, 6.07) is 5.12. The lowest BCUT2D eigenvalue weighted by Gasteiger charge is -2.08. The first-order chi connectivity index (χ1) is 8.65. The Balaban J connectivity index is 2.36. The van der Waals surface area contributed by atoms with Gasteiger partial charge in [-0.05, 0) is 17.7 Å². The fourth-order valence-electron chi connectivity index (χ4n) is 1.35. The number of benzene rings is 1. The van der Waals surface area contributed by atoms with Crippen LogP contribution in [0.5, 0.6) is 0 Å². The summed E-state index contributed by atoms with van der Waals surface area (Å²) in [5, 5.41) is 12.1. The predicted octanol–water partition coefficient (Wildman–Crippen LogP) is 1.66. The SMILES string of the molecule is O=C(Cc1c(Cl)cccc1Cl)NCCOCCO. The minimum atomic E-state index is -0.169. The summed E-state index contributed by atoms with van der Waals surface area (Å²) in [4.78, 5) is 11.6. The highest BCUT2D eigenvalue weighted by molar-refractivity contribution is 6.36. The van der Waals surface area contributed by atoms with Crippen molar-refractivity contribution in [3.8, 4) is 0 Å². The zero-order valence-corrected chi connectivity index (χ0v) is 11.3. The molecule has 0 unspecified atom stereocenters. The summed E-state index contributed by atoms with van der Waals surface area (Å²) < 4.78 is 5.01. The number of hydrogen-bond acceptors (Lipinski definition) is 3. The number of halogens is 2. The number of hydrogen-bond donors (Lipinski definition) is 2. The third-order valence-corrected chi connectivity index (χ3v) is 2.91. The molecule has 0 saturated carbocycles. The molecular formula is C12H15Cl2NO3. The summed E-state index contributed by atoms with van der Waals surface area (Å²) in [7, 11) is 0. The number of amides is 1. The molecule has 1 aromatic rings. The molecule has 0 aliphatic heterocycles. The molecule has 4 nitrogen and oxygen atoms in total. The second-order valence-electron chi connectivity index (χ2n) is 3.56. The molecule has 100 valence electrons. The molecule has 1 amide bonds. The molecule has 0 fully saturated rings. The van der Waals surface area contributed by atoms with Crippen LogP contribution in [-0.4, -0.2) is 37.4 Å². The largest absolute Gasteiger partial charge is 0.394 e. The van der Waals surface area contributed by atoms with E-state index in [1.54, 1.807) is 18.2 Å². The number of carbonyl (C=O) groups is 1. The number of rotatable bonds is 7. The van der Waals surface area contributed by atoms with Gasteiger partial charge in [0.05, 0.1) is 26.2 Å². The number of carbonyl (C=O) groups excluding carboxylic acids is 1. The molecule has 0 spiro atoms. The Hall–Kier alpha value is -0.810. The summed E-state index contributed by atoms with van der Waals surface area (Å²) in [5.74, 6) is -0.169. The van der Waals surface area contributed by atoms with Gasteiger partial charge in [-0.3, -0.25) is 4.79 Å². The highest BCUT2D eigenvalue weighted by Gasteiger charge is 2.10. The maximum Gasteiger partial charge on any atom is 0.224 e. The van der Waals surface area contributed by atoms with E-state index in [1.807, 2.05) is 0 Å². The third-order valence-electron chi connectivity index (χ3n) is 2.20. The Bertz CT molecular complexity index is 379. The smallest absolute Gasteiger partial charge is 0.224 e. The first-order valence-electron chi connectivity index (χ1n) is 5.53. The van der Waals surface area contributed by atoms with Crippen LogP contribution in [0, 0.1) is 0 Å². The van der Waals surface area contributed by atoms with Gasteiger partial charge in [0.15, 0.2) is 0 Å². The van der Waals surface area contributed by atoms with Gasteiger partial charge in [0.25, 0.3) is 0 Å². The number of aliphatic hydroxyl groups is 1. The van der Waals surface area contributed by atoms with Crippen molar-refractivity contribution >= 4 is 29.1 Å². The molecule has 0 radical (unpaired) electrons. The standard InChI is InChI=1S/C12H15Cl2NO3/c13-10-2-1-3-11(14)9(10)8-12(17)15-4-6-18-7-5-16/h1-3,16H,4-8H2,(H,15,17). The first-order valence-corrected chi connectivity index (χ1v) is 6.29. The van der Waals surface area contributed by atoms with Gasteiger partial charge in [0.1, 0.15) is 0 Å². The van der Waals surface area contributed by atoms with Crippen LogP contribution in [0.25, 0.3) is 0 Å². The Morgan fingerprint density at radius 3 is 2.56 bits per heavy atom. The van der Waals surface area contributed by atoms with Gasteiger partial charge in [-0.1, -0.05) is 29.3 Å². The van der Waals surface area contributed by atoms with Gasteiger partial charge in [-0.25, -0.2) is 0 Å². The van der Waals surface area contributed by atoms with Gasteiger partial charge < -0.3 is 15.2 Å². The molecule has 6 heteroatoms. The molecule has 2 N–H and O–H groups in total. The van der Waals surface area contributed by atoms with E-state index in [2.05, 4.69) is 5.32 Å². The van der Waals surface area contributed by atoms with E-state index < -0.39 is 0 Å². The Morgan fingerprint density at radius 1 is 1.28 bits per heavy atom. The average molecular weight is 292 g/mol. The molecule has 1 rings (SSSR count). The number of nitrogens with one attached hydrogen (secondary N) is 1. The number of ether oxygens (including phenoxy) is 1. The van der Waals surface area contributed by atoms with E-state index in [4.69, 9.17) is 33.0 Å². The first kappa shape index (κ1) is 15.2. The fourth-order valence-corrected chi connectivity index (χ4v) is 1.88. The summed E-state index contributed by atoms with van der Waals surface area (Å²) in [6.07, 6.45) is 0.137. The lowest BCUT2D eigenvalue weighted by Crippen LogP contribution is -2.29. The highest BCUT2D eigenvalue weighted by Crippen LogP contribution is 2.24. The van der Waals surface area contributed by atoms with E-state index in [1.165, 1.54) is 0 Å². The van der Waals surface area contributed by atoms with E-state index in [-0.39, 0.29) is 25.5 Å². The van der Waals surface area contributed by atoms with Crippen molar-refractivity contribution in [3.63, 3.8) is 0 Å². The maximum atomic E-state index is 11.6. The van der Waals surface area contributed by atoms with Gasteiger partial charge in [-0.15, -0.1) is 0 Å². The minimum absolute atomic E-state index is 0.0246. The third kappa shape index (κ3) is 5.23. The summed E-state index contributed by atoms with van der Waals surface area (Å²) >= 11 is 11.9. The van der Waals surface area contributed by atoms with Crippen molar-refractivity contribution in [3.05, 3.63) is 33.8 Å². The van der Waals surface area contributed by atoms with Crippen LogP contribution in [0.1, 0.15) is 5.56 Å². The molecule has 0 atom stereocenters. The monoisotopic (exact) mass is 291 g/mol. The van der Waals surface area contributed by atoms with Crippen molar-refractivity contribution in [1.29, 1.82) is 0 Å². The Morgan fingerprint density at radius 2 is 1.94 bits per heavy atom. The lowest BCUT2D eigenvalue weighted by atomic mass is 10.1. The quantitative estimate of drug-likeness (QED) is 0.751. The van der Waals surface area contributed by atoms with E-state index >= 15 is 0 Å². The van der Waals surface area contributed by atoms with Gasteiger partial charge >= 0.3 is 0 Å². The molecule has 0 aliphatic carbocycles. The molecule has 0 saturated heterocycles. The molecule has 0 heterocycles. The average Bonchev–Trinajstić information content (AvgIpc) is 2.34. The lowest BCUT2D eigenvalue weighted by molar-refractivity contribution is -0.120. The van der Waals surface area contributed by atoms with Gasteiger partial charge in [-0.2, -0.15) is 0 Å². The van der Waals surface area contributed by atoms with Crippen molar-refractivity contribution in [2.75, 3.05) is 26.4 Å². The zero-order valence-electron chi connectivity index (χ0n) is 9.79. The van der Waals surface area contributed by atoms with Crippen molar-refractivity contribution < 1.29 is 14.6 Å². The maximum absolute atomic E-state index is 11.6. The molecule has 0 bridgehead atoms. The van der Waals surface area contributed by atoms with Crippen LogP contribution in [0.2, 0.25) is 10.0 Å². The fraction of sp³-hybridized carbons (Fsp3) is 0.417. The van der Waals surface area contributed by atoms with Crippen LogP contribution in [-0.2, 0) is 16.0 Å². The van der Waals surface area contributed by atoms with Crippen LogP contribution < -0.4 is 5.32 Å². The predicted molar refractivity (Wildman–Crippen MR) is 71.1 cm³/mol. The van der Waals surface area contributed by atoms with E-state index in [0.29, 0.717) is 28.8 Å². The van der Waals surface area contributed by atoms with E-state index in [9.17, 15) is 4.79 Å². The van der Waals surface area contributed by atoms with Crippen molar-refractivity contribution in [1.82, 2.24) is 5.32 Å². The van der Waals surface area contributed by atoms with Crippen molar-refractivity contribution in [2.45, 2.75) is 6.42 Å². The van der Waals surface area contributed by atoms with Gasteiger partial charge in [0.2, 0.25) is 5.91 Å². The normalized spacial score (nSPS) is 10.4. The molecule has 0 aliphatic rings. The van der Waals surface area contributed by atoms with Crippen molar-refractivity contribution in [2.24, 2.45) is 0 Å². The topological polar surface area (TPSA) is 58.6 Å². The summed E-state index contributed by atoms with van der Waals surface area (Å²) in [5.41, 5.74) is 0.620. The van der Waals surface area contributed by atoms with Gasteiger partial charge in [0, 0.05) is 16.6 Å². The molecular weight excluding hydrogens is 277 g/mol. The van der Waals surface area contributed by atoms with Crippen LogP contribution in [0.15, 0.2) is 18.2 Å². The molecule has 0 aromatic heterocycles.